The Morgan fingerprint density at radius 3 is 2.55 bits per heavy atom. The van der Waals surface area contributed by atoms with E-state index in [1.807, 2.05) is 23.8 Å². The van der Waals surface area contributed by atoms with Crippen LogP contribution in [0.5, 0.6) is 0 Å². The summed E-state index contributed by atoms with van der Waals surface area (Å²) in [4.78, 5) is 16.7. The molecule has 0 aliphatic rings. The monoisotopic (exact) mass is 327 g/mol. The smallest absolute Gasteiger partial charge is 0.169 e. The maximum Gasteiger partial charge on any atom is 0.169 e. The van der Waals surface area contributed by atoms with E-state index in [0.717, 1.165) is 5.56 Å². The average Bonchev–Trinajstić information content (AvgIpc) is 3.04. The molecule has 0 aliphatic heterocycles. The van der Waals surface area contributed by atoms with Crippen molar-refractivity contribution in [1.82, 2.24) is 4.98 Å². The van der Waals surface area contributed by atoms with E-state index < -0.39 is 5.92 Å². The summed E-state index contributed by atoms with van der Waals surface area (Å²) in [5.74, 6) is -0.935. The molecule has 1 aromatic heterocycles. The molecule has 6 heteroatoms. The maximum atomic E-state index is 12.2. The van der Waals surface area contributed by atoms with Crippen LogP contribution in [-0.4, -0.2) is 22.3 Å². The second-order valence-electron chi connectivity index (χ2n) is 4.60. The van der Waals surface area contributed by atoms with Gasteiger partial charge < -0.3 is 0 Å². The van der Waals surface area contributed by atoms with Crippen molar-refractivity contribution >= 4 is 28.9 Å². The van der Waals surface area contributed by atoms with E-state index in [2.05, 4.69) is 17.1 Å². The molecule has 4 nitrogen and oxygen atoms in total. The minimum atomic E-state index is -0.820. The van der Waals surface area contributed by atoms with Gasteiger partial charge in [-0.15, -0.1) is 11.3 Å². The molecule has 0 spiro atoms. The van der Waals surface area contributed by atoms with Gasteiger partial charge in [0.1, 0.15) is 5.01 Å². The van der Waals surface area contributed by atoms with Crippen LogP contribution in [0.1, 0.15) is 23.4 Å². The molecule has 2 aromatic rings. The minimum absolute atomic E-state index is 0.115. The summed E-state index contributed by atoms with van der Waals surface area (Å²) in [5.41, 5.74) is 2.16. The summed E-state index contributed by atoms with van der Waals surface area (Å²) in [6.45, 7) is 1.80. The number of nitriles is 2. The number of carbonyl (C=O) groups is 1. The first-order valence-electron chi connectivity index (χ1n) is 6.52. The van der Waals surface area contributed by atoms with Crippen LogP contribution < -0.4 is 0 Å². The van der Waals surface area contributed by atoms with Gasteiger partial charge in [0.2, 0.25) is 0 Å². The van der Waals surface area contributed by atoms with E-state index in [1.54, 1.807) is 19.1 Å². The number of thiazole rings is 1. The number of hydrogen-bond acceptors (Lipinski definition) is 6. The summed E-state index contributed by atoms with van der Waals surface area (Å²) in [5, 5.41) is 20.2. The Kier molecular flexibility index (Phi) is 5.32. The largest absolute Gasteiger partial charge is 0.296 e. The number of aromatic nitrogens is 1. The molecule has 22 heavy (non-hydrogen) atoms. The SMILES string of the molecule is CSC(C)C(=O)C(C#N)c1nc(-c2ccc(C#N)cc2)cs1. The number of nitrogens with zero attached hydrogens (tertiary/aromatic N) is 3. The van der Waals surface area contributed by atoms with Crippen LogP contribution >= 0.6 is 23.1 Å². The molecule has 110 valence electrons. The molecule has 0 radical (unpaired) electrons. The number of carbonyl (C=O) groups excluding carboxylic acids is 1. The average molecular weight is 327 g/mol. The van der Waals surface area contributed by atoms with E-state index >= 15 is 0 Å². The fraction of sp³-hybridized carbons (Fsp3) is 0.250. The zero-order chi connectivity index (χ0) is 16.1. The van der Waals surface area contributed by atoms with E-state index in [9.17, 15) is 10.1 Å². The normalized spacial score (nSPS) is 12.9. The van der Waals surface area contributed by atoms with Gasteiger partial charge in [0.15, 0.2) is 11.7 Å². The Hall–Kier alpha value is -2.15. The van der Waals surface area contributed by atoms with Gasteiger partial charge in [-0.25, -0.2) is 4.98 Å². The van der Waals surface area contributed by atoms with Gasteiger partial charge >= 0.3 is 0 Å². The van der Waals surface area contributed by atoms with Crippen LogP contribution in [0, 0.1) is 22.7 Å². The molecule has 0 N–H and O–H groups in total. The van der Waals surface area contributed by atoms with Crippen molar-refractivity contribution in [2.75, 3.05) is 6.26 Å². The Bertz CT molecular complexity index is 753. The second kappa shape index (κ2) is 7.22. The van der Waals surface area contributed by atoms with E-state index in [1.165, 1.54) is 23.1 Å². The van der Waals surface area contributed by atoms with E-state index in [0.29, 0.717) is 16.3 Å². The summed E-state index contributed by atoms with van der Waals surface area (Å²) >= 11 is 2.74. The number of thioether (sulfide) groups is 1. The second-order valence-corrected chi connectivity index (χ2v) is 6.67. The number of Topliss-reactive ketones (excluding diaryl/α,β-unsaturated/α-hetero) is 1. The topological polar surface area (TPSA) is 77.5 Å². The zero-order valence-corrected chi connectivity index (χ0v) is 13.7. The predicted molar refractivity (Wildman–Crippen MR) is 88.6 cm³/mol. The third-order valence-electron chi connectivity index (χ3n) is 3.25. The van der Waals surface area contributed by atoms with Gasteiger partial charge in [-0.05, 0) is 25.3 Å². The molecular weight excluding hydrogens is 314 g/mol. The molecule has 1 heterocycles. The van der Waals surface area contributed by atoms with Gasteiger partial charge in [-0.1, -0.05) is 12.1 Å². The lowest BCUT2D eigenvalue weighted by Gasteiger charge is -2.09. The lowest BCUT2D eigenvalue weighted by atomic mass is 10.0. The molecule has 0 aliphatic carbocycles. The highest BCUT2D eigenvalue weighted by molar-refractivity contribution is 7.99. The van der Waals surface area contributed by atoms with Gasteiger partial charge in [-0.3, -0.25) is 4.79 Å². The van der Waals surface area contributed by atoms with Gasteiger partial charge in [-0.2, -0.15) is 22.3 Å². The number of ketones is 1. The van der Waals surface area contributed by atoms with Crippen molar-refractivity contribution < 1.29 is 4.79 Å². The first kappa shape index (κ1) is 16.2. The maximum absolute atomic E-state index is 12.2. The highest BCUT2D eigenvalue weighted by Crippen LogP contribution is 2.29. The molecule has 2 unspecified atom stereocenters. The molecule has 0 amide bonds. The first-order valence-corrected chi connectivity index (χ1v) is 8.69. The van der Waals surface area contributed by atoms with Crippen molar-refractivity contribution in [3.63, 3.8) is 0 Å². The zero-order valence-electron chi connectivity index (χ0n) is 12.1. The number of hydrogen-bond donors (Lipinski definition) is 0. The van der Waals surface area contributed by atoms with E-state index in [-0.39, 0.29) is 11.0 Å². The molecule has 0 saturated heterocycles. The molecule has 2 atom stereocenters. The molecule has 0 fully saturated rings. The molecule has 0 bridgehead atoms. The third-order valence-corrected chi connectivity index (χ3v) is 5.10. The molecule has 2 rings (SSSR count). The fourth-order valence-electron chi connectivity index (χ4n) is 1.86. The van der Waals surface area contributed by atoms with Crippen LogP contribution in [0.2, 0.25) is 0 Å². The number of benzene rings is 1. The van der Waals surface area contributed by atoms with Crippen LogP contribution in [0.25, 0.3) is 11.3 Å². The van der Waals surface area contributed by atoms with Crippen molar-refractivity contribution in [2.24, 2.45) is 0 Å². The number of rotatable bonds is 5. The lowest BCUT2D eigenvalue weighted by Crippen LogP contribution is -2.20. The standard InChI is InChI=1S/C16H13N3OS2/c1-10(21-2)15(20)13(8-18)16-19-14(9-22-16)12-5-3-11(7-17)4-6-12/h3-6,9-10,13H,1-2H3. The quantitative estimate of drug-likeness (QED) is 0.838. The molecule has 0 saturated carbocycles. The van der Waals surface area contributed by atoms with Crippen molar-refractivity contribution in [3.8, 4) is 23.4 Å². The Morgan fingerprint density at radius 1 is 1.32 bits per heavy atom. The fourth-order valence-corrected chi connectivity index (χ4v) is 3.11. The Morgan fingerprint density at radius 2 is 2.00 bits per heavy atom. The highest BCUT2D eigenvalue weighted by atomic mass is 32.2. The summed E-state index contributed by atoms with van der Waals surface area (Å²) in [6.07, 6.45) is 1.85. The summed E-state index contributed by atoms with van der Waals surface area (Å²) < 4.78 is 0. The lowest BCUT2D eigenvalue weighted by molar-refractivity contribution is -0.118. The summed E-state index contributed by atoms with van der Waals surface area (Å²) in [7, 11) is 0. The predicted octanol–water partition coefficient (Wildman–Crippen LogP) is 3.61. The minimum Gasteiger partial charge on any atom is -0.296 e. The Labute approximate surface area is 137 Å². The highest BCUT2D eigenvalue weighted by Gasteiger charge is 2.27. The van der Waals surface area contributed by atoms with Crippen molar-refractivity contribution in [3.05, 3.63) is 40.2 Å². The molecular formula is C16H13N3OS2. The van der Waals surface area contributed by atoms with Crippen LogP contribution in [0.4, 0.5) is 0 Å². The van der Waals surface area contributed by atoms with Crippen LogP contribution in [-0.2, 0) is 4.79 Å². The van der Waals surface area contributed by atoms with Gasteiger partial charge in [0.05, 0.1) is 28.6 Å². The first-order chi connectivity index (χ1) is 10.6. The third kappa shape index (κ3) is 3.36. The van der Waals surface area contributed by atoms with E-state index in [4.69, 9.17) is 5.26 Å². The van der Waals surface area contributed by atoms with Crippen molar-refractivity contribution in [2.45, 2.75) is 18.1 Å². The van der Waals surface area contributed by atoms with Crippen LogP contribution in [0.15, 0.2) is 29.6 Å². The summed E-state index contributed by atoms with van der Waals surface area (Å²) in [6, 6.07) is 11.2. The Balaban J connectivity index is 2.28. The molecule has 1 aromatic carbocycles. The van der Waals surface area contributed by atoms with Crippen LogP contribution in [0.3, 0.4) is 0 Å². The van der Waals surface area contributed by atoms with Crippen molar-refractivity contribution in [1.29, 1.82) is 10.5 Å². The van der Waals surface area contributed by atoms with Gasteiger partial charge in [0, 0.05) is 10.9 Å². The van der Waals surface area contributed by atoms with Gasteiger partial charge in [0.25, 0.3) is 0 Å².